The van der Waals surface area contributed by atoms with Crippen molar-refractivity contribution in [2.75, 3.05) is 0 Å². The van der Waals surface area contributed by atoms with Crippen LogP contribution < -0.4 is 0 Å². The number of aromatic nitrogens is 3. The van der Waals surface area contributed by atoms with Gasteiger partial charge in [0.15, 0.2) is 0 Å². The van der Waals surface area contributed by atoms with Crippen LogP contribution in [0.4, 0.5) is 4.39 Å². The van der Waals surface area contributed by atoms with Gasteiger partial charge in [0.2, 0.25) is 5.95 Å². The van der Waals surface area contributed by atoms with Crippen LogP contribution in [0.5, 0.6) is 0 Å². The second kappa shape index (κ2) is 3.66. The maximum absolute atomic E-state index is 13.0. The maximum Gasteiger partial charge on any atom is 0.213 e. The molecule has 2 heterocycles. The Kier molecular flexibility index (Phi) is 2.14. The summed E-state index contributed by atoms with van der Waals surface area (Å²) in [7, 11) is 1.87. The van der Waals surface area contributed by atoms with Gasteiger partial charge in [0.25, 0.3) is 0 Å². The number of aryl methyl sites for hydroxylation is 1. The van der Waals surface area contributed by atoms with E-state index in [-0.39, 0.29) is 0 Å². The summed E-state index contributed by atoms with van der Waals surface area (Å²) >= 11 is 0. The summed E-state index contributed by atoms with van der Waals surface area (Å²) in [6.07, 6.45) is 5.26. The van der Waals surface area contributed by atoms with E-state index in [1.165, 1.54) is 12.3 Å². The third-order valence-electron chi connectivity index (χ3n) is 2.73. The van der Waals surface area contributed by atoms with Gasteiger partial charge in [-0.15, -0.1) is 0 Å². The number of pyridine rings is 1. The fourth-order valence-corrected chi connectivity index (χ4v) is 1.86. The zero-order valence-corrected chi connectivity index (χ0v) is 9.26. The molecule has 0 saturated carbocycles. The Morgan fingerprint density at radius 1 is 1.06 bits per heavy atom. The van der Waals surface area contributed by atoms with Crippen LogP contribution in [0.15, 0.2) is 42.9 Å². The summed E-state index contributed by atoms with van der Waals surface area (Å²) in [5.74, 6) is -0.458. The van der Waals surface area contributed by atoms with Crippen LogP contribution in [0.25, 0.3) is 21.9 Å². The third-order valence-corrected chi connectivity index (χ3v) is 2.73. The first kappa shape index (κ1) is 9.96. The SMILES string of the molecule is Cn1cc(-c2ccc3cnc(F)cc3c2)cn1. The van der Waals surface area contributed by atoms with E-state index in [0.717, 1.165) is 21.9 Å². The molecule has 0 aliphatic carbocycles. The van der Waals surface area contributed by atoms with Gasteiger partial charge in [-0.05, 0) is 17.0 Å². The molecule has 0 aliphatic heterocycles. The number of fused-ring (bicyclic) bond motifs is 1. The molecular formula is C13H10FN3. The van der Waals surface area contributed by atoms with Crippen LogP contribution >= 0.6 is 0 Å². The fourth-order valence-electron chi connectivity index (χ4n) is 1.86. The highest BCUT2D eigenvalue weighted by Crippen LogP contribution is 2.23. The zero-order valence-electron chi connectivity index (χ0n) is 9.26. The van der Waals surface area contributed by atoms with E-state index in [0.29, 0.717) is 0 Å². The molecule has 0 spiro atoms. The Morgan fingerprint density at radius 3 is 2.71 bits per heavy atom. The van der Waals surface area contributed by atoms with Crippen molar-refractivity contribution in [2.45, 2.75) is 0 Å². The van der Waals surface area contributed by atoms with E-state index in [4.69, 9.17) is 0 Å². The molecule has 0 unspecified atom stereocenters. The molecule has 0 radical (unpaired) electrons. The molecular weight excluding hydrogens is 217 g/mol. The minimum Gasteiger partial charge on any atom is -0.275 e. The van der Waals surface area contributed by atoms with Crippen molar-refractivity contribution in [3.05, 3.63) is 48.8 Å². The Hall–Kier alpha value is -2.23. The van der Waals surface area contributed by atoms with Gasteiger partial charge in [-0.1, -0.05) is 12.1 Å². The van der Waals surface area contributed by atoms with Crippen molar-refractivity contribution in [1.29, 1.82) is 0 Å². The van der Waals surface area contributed by atoms with Gasteiger partial charge >= 0.3 is 0 Å². The van der Waals surface area contributed by atoms with Crippen LogP contribution in [-0.4, -0.2) is 14.8 Å². The molecule has 0 amide bonds. The Bertz CT molecular complexity index is 688. The second-order valence-corrected chi connectivity index (χ2v) is 3.97. The smallest absolute Gasteiger partial charge is 0.213 e. The van der Waals surface area contributed by atoms with E-state index in [1.54, 1.807) is 10.9 Å². The quantitative estimate of drug-likeness (QED) is 0.598. The molecule has 84 valence electrons. The minimum absolute atomic E-state index is 0.458. The summed E-state index contributed by atoms with van der Waals surface area (Å²) in [6, 6.07) is 7.30. The van der Waals surface area contributed by atoms with Crippen molar-refractivity contribution in [1.82, 2.24) is 14.8 Å². The molecule has 0 fully saturated rings. The normalized spacial score (nSPS) is 10.9. The lowest BCUT2D eigenvalue weighted by Gasteiger charge is -2.01. The number of benzene rings is 1. The van der Waals surface area contributed by atoms with Gasteiger partial charge in [-0.25, -0.2) is 4.98 Å². The molecule has 17 heavy (non-hydrogen) atoms. The molecule has 3 aromatic rings. The Morgan fingerprint density at radius 2 is 1.94 bits per heavy atom. The molecule has 0 saturated heterocycles. The highest BCUT2D eigenvalue weighted by Gasteiger charge is 2.03. The summed E-state index contributed by atoms with van der Waals surface area (Å²) in [6.45, 7) is 0. The number of hydrogen-bond donors (Lipinski definition) is 0. The van der Waals surface area contributed by atoms with Crippen LogP contribution in [0.2, 0.25) is 0 Å². The highest BCUT2D eigenvalue weighted by molar-refractivity contribution is 5.86. The average molecular weight is 227 g/mol. The van der Waals surface area contributed by atoms with E-state index in [9.17, 15) is 4.39 Å². The first-order valence-corrected chi connectivity index (χ1v) is 5.27. The molecule has 1 aromatic carbocycles. The molecule has 3 nitrogen and oxygen atoms in total. The van der Waals surface area contributed by atoms with Crippen molar-refractivity contribution in [3.63, 3.8) is 0 Å². The molecule has 0 aliphatic rings. The van der Waals surface area contributed by atoms with Crippen LogP contribution in [0.3, 0.4) is 0 Å². The number of halogens is 1. The zero-order chi connectivity index (χ0) is 11.8. The van der Waals surface area contributed by atoms with Crippen molar-refractivity contribution in [3.8, 4) is 11.1 Å². The molecule has 2 aromatic heterocycles. The standard InChI is InChI=1S/C13H10FN3/c1-17-8-12(7-16-17)9-2-3-10-6-15-13(14)5-11(10)4-9/h2-8H,1H3. The van der Waals surface area contributed by atoms with Gasteiger partial charge in [0, 0.05) is 36.5 Å². The fraction of sp³-hybridized carbons (Fsp3) is 0.0769. The van der Waals surface area contributed by atoms with E-state index in [2.05, 4.69) is 10.1 Å². The summed E-state index contributed by atoms with van der Waals surface area (Å²) < 4.78 is 14.8. The predicted octanol–water partition coefficient (Wildman–Crippen LogP) is 2.77. The topological polar surface area (TPSA) is 30.7 Å². The first-order valence-electron chi connectivity index (χ1n) is 5.27. The lowest BCUT2D eigenvalue weighted by molar-refractivity contribution is 0.586. The second-order valence-electron chi connectivity index (χ2n) is 3.97. The third kappa shape index (κ3) is 1.78. The van der Waals surface area contributed by atoms with Crippen molar-refractivity contribution >= 4 is 10.8 Å². The van der Waals surface area contributed by atoms with Crippen LogP contribution in [0.1, 0.15) is 0 Å². The molecule has 0 N–H and O–H groups in total. The monoisotopic (exact) mass is 227 g/mol. The van der Waals surface area contributed by atoms with Gasteiger partial charge in [0.1, 0.15) is 0 Å². The average Bonchev–Trinajstić information content (AvgIpc) is 2.75. The van der Waals surface area contributed by atoms with Gasteiger partial charge in [-0.2, -0.15) is 9.49 Å². The molecule has 0 atom stereocenters. The number of hydrogen-bond acceptors (Lipinski definition) is 2. The highest BCUT2D eigenvalue weighted by atomic mass is 19.1. The van der Waals surface area contributed by atoms with Crippen LogP contribution in [0, 0.1) is 5.95 Å². The van der Waals surface area contributed by atoms with Crippen molar-refractivity contribution in [2.24, 2.45) is 7.05 Å². The molecule has 4 heteroatoms. The predicted molar refractivity (Wildman–Crippen MR) is 63.9 cm³/mol. The number of nitrogens with zero attached hydrogens (tertiary/aromatic N) is 3. The van der Waals surface area contributed by atoms with Crippen LogP contribution in [-0.2, 0) is 7.05 Å². The van der Waals surface area contributed by atoms with E-state index >= 15 is 0 Å². The minimum atomic E-state index is -0.458. The Balaban J connectivity index is 2.18. The largest absolute Gasteiger partial charge is 0.275 e. The Labute approximate surface area is 97.5 Å². The maximum atomic E-state index is 13.0. The lowest BCUT2D eigenvalue weighted by atomic mass is 10.1. The summed E-state index contributed by atoms with van der Waals surface area (Å²) in [5, 5.41) is 5.90. The van der Waals surface area contributed by atoms with Gasteiger partial charge in [0.05, 0.1) is 6.20 Å². The van der Waals surface area contributed by atoms with Gasteiger partial charge < -0.3 is 0 Å². The summed E-state index contributed by atoms with van der Waals surface area (Å²) in [4.78, 5) is 3.63. The molecule has 0 bridgehead atoms. The number of rotatable bonds is 1. The lowest BCUT2D eigenvalue weighted by Crippen LogP contribution is -1.84. The summed E-state index contributed by atoms with van der Waals surface area (Å²) in [5.41, 5.74) is 2.04. The van der Waals surface area contributed by atoms with E-state index < -0.39 is 5.95 Å². The van der Waals surface area contributed by atoms with Crippen molar-refractivity contribution < 1.29 is 4.39 Å². The van der Waals surface area contributed by atoms with E-state index in [1.807, 2.05) is 31.4 Å². The van der Waals surface area contributed by atoms with Gasteiger partial charge in [-0.3, -0.25) is 4.68 Å². The molecule has 3 rings (SSSR count). The first-order chi connectivity index (χ1) is 8.22.